The number of hydrogen-bond donors (Lipinski definition) is 0. The highest BCUT2D eigenvalue weighted by molar-refractivity contribution is 6.82. The van der Waals surface area contributed by atoms with Gasteiger partial charge in [0.15, 0.2) is 0 Å². The molecule has 0 amide bonds. The molecule has 0 spiro atoms. The van der Waals surface area contributed by atoms with Gasteiger partial charge in [-0.15, -0.1) is 0 Å². The Bertz CT molecular complexity index is 86.1. The van der Waals surface area contributed by atoms with Gasteiger partial charge in [0.2, 0.25) is 0 Å². The minimum Gasteiger partial charge on any atom is -0.351 e. The van der Waals surface area contributed by atoms with E-state index in [4.69, 9.17) is 0 Å². The fourth-order valence-corrected chi connectivity index (χ4v) is 6.97. The smallest absolute Gasteiger partial charge is 0.111 e. The van der Waals surface area contributed by atoms with Crippen molar-refractivity contribution in [1.29, 1.82) is 0 Å². The van der Waals surface area contributed by atoms with Crippen molar-refractivity contribution < 1.29 is 0 Å². The monoisotopic (exact) mass is 177 g/mol. The molecule has 0 aromatic heterocycles. The molecule has 0 bridgehead atoms. The Morgan fingerprint density at radius 1 is 1.10 bits per heavy atom. The third kappa shape index (κ3) is 4.25. The van der Waals surface area contributed by atoms with E-state index in [-0.39, 0.29) is 7.43 Å². The maximum Gasteiger partial charge on any atom is 0.111 e. The third-order valence-electron chi connectivity index (χ3n) is 1.83. The van der Waals surface area contributed by atoms with Gasteiger partial charge < -0.3 is 4.23 Å². The molecule has 0 heterocycles. The first-order valence-electron chi connectivity index (χ1n) is 3.58. The minimum atomic E-state index is -0.929. The molecule has 0 aliphatic rings. The normalized spacial score (nSPS) is 12.0. The van der Waals surface area contributed by atoms with Gasteiger partial charge in [0.25, 0.3) is 0 Å². The SMILES string of the molecule is C.CN([SiH](C)C)[Si](C)(C)C. The topological polar surface area (TPSA) is 3.24 Å². The Labute approximate surface area is 69.2 Å². The van der Waals surface area contributed by atoms with Crippen LogP contribution in [0, 0.1) is 0 Å². The van der Waals surface area contributed by atoms with E-state index in [2.05, 4.69) is 44.0 Å². The molecule has 1 nitrogen and oxygen atoms in total. The van der Waals surface area contributed by atoms with Crippen molar-refractivity contribution in [2.45, 2.75) is 40.2 Å². The number of hydrogen-bond acceptors (Lipinski definition) is 1. The van der Waals surface area contributed by atoms with Crippen LogP contribution in [0.2, 0.25) is 32.7 Å². The standard InChI is InChI=1S/C6H19NSi2.CH4/c1-7(8(2)3)9(4,5)6;/h8H,1-6H3;1H4. The summed E-state index contributed by atoms with van der Waals surface area (Å²) in [4.78, 5) is 0. The van der Waals surface area contributed by atoms with E-state index < -0.39 is 17.2 Å². The van der Waals surface area contributed by atoms with Gasteiger partial charge in [0.05, 0.1) is 8.96 Å². The average Bonchev–Trinajstić information content (AvgIpc) is 1.62. The molecular weight excluding hydrogens is 154 g/mol. The first-order chi connectivity index (χ1) is 3.85. The van der Waals surface area contributed by atoms with Gasteiger partial charge >= 0.3 is 0 Å². The van der Waals surface area contributed by atoms with Crippen molar-refractivity contribution in [3.8, 4) is 0 Å². The van der Waals surface area contributed by atoms with Crippen LogP contribution < -0.4 is 0 Å². The zero-order chi connectivity index (χ0) is 7.65. The highest BCUT2D eigenvalue weighted by Gasteiger charge is 2.21. The summed E-state index contributed by atoms with van der Waals surface area (Å²) in [6.07, 6.45) is 0. The Balaban J connectivity index is 0. The van der Waals surface area contributed by atoms with Crippen LogP contribution in [0.15, 0.2) is 0 Å². The van der Waals surface area contributed by atoms with Gasteiger partial charge in [-0.3, -0.25) is 0 Å². The molecule has 0 unspecified atom stereocenters. The highest BCUT2D eigenvalue weighted by atomic mass is 28.4. The maximum absolute atomic E-state index is 2.63. The van der Waals surface area contributed by atoms with Crippen LogP contribution >= 0.6 is 0 Å². The maximum atomic E-state index is 2.63. The molecule has 0 radical (unpaired) electrons. The van der Waals surface area contributed by atoms with Gasteiger partial charge in [-0.05, 0) is 7.05 Å². The Morgan fingerprint density at radius 2 is 1.40 bits per heavy atom. The van der Waals surface area contributed by atoms with Crippen LogP contribution in [0.3, 0.4) is 0 Å². The summed E-state index contributed by atoms with van der Waals surface area (Å²) in [5, 5.41) is 0. The molecule has 10 heavy (non-hydrogen) atoms. The summed E-state index contributed by atoms with van der Waals surface area (Å²) in [7, 11) is 0.858. The molecule has 64 valence electrons. The van der Waals surface area contributed by atoms with E-state index in [9.17, 15) is 0 Å². The number of rotatable bonds is 2. The summed E-state index contributed by atoms with van der Waals surface area (Å²) in [6.45, 7) is 12.0. The second-order valence-corrected chi connectivity index (χ2v) is 12.4. The van der Waals surface area contributed by atoms with E-state index in [1.165, 1.54) is 0 Å². The Morgan fingerprint density at radius 3 is 1.40 bits per heavy atom. The summed E-state index contributed by atoms with van der Waals surface area (Å²) >= 11 is 0. The molecule has 0 atom stereocenters. The van der Waals surface area contributed by atoms with Crippen LogP contribution in [-0.2, 0) is 0 Å². The van der Waals surface area contributed by atoms with Crippen molar-refractivity contribution in [1.82, 2.24) is 4.23 Å². The van der Waals surface area contributed by atoms with Gasteiger partial charge in [0.1, 0.15) is 8.24 Å². The summed E-state index contributed by atoms with van der Waals surface area (Å²) in [6, 6.07) is 0. The van der Waals surface area contributed by atoms with E-state index in [0.29, 0.717) is 0 Å². The first-order valence-corrected chi connectivity index (χ1v) is 9.86. The molecule has 0 fully saturated rings. The van der Waals surface area contributed by atoms with Crippen LogP contribution in [0.25, 0.3) is 0 Å². The molecule has 0 N–H and O–H groups in total. The van der Waals surface area contributed by atoms with Crippen LogP contribution in [0.5, 0.6) is 0 Å². The Kier molecular flexibility index (Phi) is 5.61. The third-order valence-corrected chi connectivity index (χ3v) is 9.37. The molecule has 0 aromatic rings. The largest absolute Gasteiger partial charge is 0.351 e. The Hall–Kier alpha value is 0.394. The van der Waals surface area contributed by atoms with E-state index in [1.54, 1.807) is 0 Å². The van der Waals surface area contributed by atoms with Crippen LogP contribution in [-0.4, -0.2) is 28.5 Å². The van der Waals surface area contributed by atoms with Gasteiger partial charge in [-0.25, -0.2) is 0 Å². The quantitative estimate of drug-likeness (QED) is 0.586. The van der Waals surface area contributed by atoms with Crippen molar-refractivity contribution >= 4 is 17.2 Å². The van der Waals surface area contributed by atoms with Gasteiger partial charge in [0, 0.05) is 0 Å². The lowest BCUT2D eigenvalue weighted by Crippen LogP contribution is -2.49. The van der Waals surface area contributed by atoms with Crippen molar-refractivity contribution in [2.24, 2.45) is 0 Å². The molecule has 3 heteroatoms. The fourth-order valence-electron chi connectivity index (χ4n) is 0.775. The predicted octanol–water partition coefficient (Wildman–Crippen LogP) is 2.37. The molecule has 0 rings (SSSR count). The van der Waals surface area contributed by atoms with E-state index >= 15 is 0 Å². The molecule has 0 aliphatic heterocycles. The van der Waals surface area contributed by atoms with E-state index in [0.717, 1.165) is 0 Å². The molecule has 0 aromatic carbocycles. The average molecular weight is 177 g/mol. The summed E-state index contributed by atoms with van der Waals surface area (Å²) in [5.74, 6) is 0. The second kappa shape index (κ2) is 4.31. The minimum absolute atomic E-state index is 0. The van der Waals surface area contributed by atoms with Gasteiger partial charge in [-0.1, -0.05) is 40.2 Å². The van der Waals surface area contributed by atoms with Gasteiger partial charge in [-0.2, -0.15) is 0 Å². The van der Waals surface area contributed by atoms with Crippen molar-refractivity contribution in [3.63, 3.8) is 0 Å². The fraction of sp³-hybridized carbons (Fsp3) is 1.00. The molecular formula is C7H23NSi2. The summed E-state index contributed by atoms with van der Waals surface area (Å²) in [5.41, 5.74) is 0. The lowest BCUT2D eigenvalue weighted by atomic mass is 11.6. The summed E-state index contributed by atoms with van der Waals surface area (Å²) < 4.78 is 2.63. The number of nitrogens with zero attached hydrogens (tertiary/aromatic N) is 1. The lowest BCUT2D eigenvalue weighted by molar-refractivity contribution is 0.784. The van der Waals surface area contributed by atoms with Crippen molar-refractivity contribution in [2.75, 3.05) is 7.05 Å². The molecule has 0 saturated heterocycles. The molecule has 0 saturated carbocycles. The highest BCUT2D eigenvalue weighted by Crippen LogP contribution is 2.07. The van der Waals surface area contributed by atoms with Crippen LogP contribution in [0.4, 0.5) is 0 Å². The van der Waals surface area contributed by atoms with Crippen LogP contribution in [0.1, 0.15) is 7.43 Å². The zero-order valence-corrected chi connectivity index (χ0v) is 9.68. The zero-order valence-electron chi connectivity index (χ0n) is 7.52. The second-order valence-electron chi connectivity index (χ2n) is 3.88. The predicted molar refractivity (Wildman–Crippen MR) is 56.7 cm³/mol. The molecule has 0 aliphatic carbocycles. The lowest BCUT2D eigenvalue weighted by Gasteiger charge is -2.33. The van der Waals surface area contributed by atoms with E-state index in [1.807, 2.05) is 0 Å². The first kappa shape index (κ1) is 13.0. The van der Waals surface area contributed by atoms with Crippen molar-refractivity contribution in [3.05, 3.63) is 0 Å².